The molecule has 1 N–H and O–H groups in total. The van der Waals surface area contributed by atoms with E-state index in [-0.39, 0.29) is 30.2 Å². The normalized spacial score (nSPS) is 14.6. The maximum absolute atomic E-state index is 12.5. The summed E-state index contributed by atoms with van der Waals surface area (Å²) >= 11 is 0. The van der Waals surface area contributed by atoms with E-state index in [0.29, 0.717) is 22.6 Å². The summed E-state index contributed by atoms with van der Waals surface area (Å²) in [5, 5.41) is 2.71. The number of fused-ring (bicyclic) bond motifs is 1. The highest BCUT2D eigenvalue weighted by Crippen LogP contribution is 2.43. The summed E-state index contributed by atoms with van der Waals surface area (Å²) in [5.41, 5.74) is 1.59. The first-order valence-electron chi connectivity index (χ1n) is 9.01. The Hall–Kier alpha value is -3.55. The Kier molecular flexibility index (Phi) is 6.01. The number of nitrogens with one attached hydrogen (secondary N) is 1. The van der Waals surface area contributed by atoms with Crippen molar-refractivity contribution in [1.29, 1.82) is 0 Å². The Bertz CT molecular complexity index is 954. The Morgan fingerprint density at radius 1 is 1.14 bits per heavy atom. The van der Waals surface area contributed by atoms with E-state index < -0.39 is 18.0 Å². The van der Waals surface area contributed by atoms with Crippen LogP contribution in [-0.2, 0) is 14.3 Å². The van der Waals surface area contributed by atoms with Crippen molar-refractivity contribution in [1.82, 2.24) is 0 Å². The monoisotopic (exact) mass is 399 g/mol. The van der Waals surface area contributed by atoms with Crippen molar-refractivity contribution < 1.29 is 33.3 Å². The SMILES string of the molecule is CCOC(=O)c1cccc(NC(=O)C[C@H]2OC(=O)c3c2ccc(OC)c3OC)c1. The van der Waals surface area contributed by atoms with Gasteiger partial charge in [-0.2, -0.15) is 0 Å². The van der Waals surface area contributed by atoms with Gasteiger partial charge in [-0.15, -0.1) is 0 Å². The van der Waals surface area contributed by atoms with Crippen LogP contribution in [0.25, 0.3) is 0 Å². The molecular weight excluding hydrogens is 378 g/mol. The van der Waals surface area contributed by atoms with Gasteiger partial charge in [0.2, 0.25) is 5.91 Å². The minimum atomic E-state index is -0.745. The fraction of sp³-hybridized carbons (Fsp3) is 0.286. The molecule has 8 heteroatoms. The first-order valence-corrected chi connectivity index (χ1v) is 9.01. The van der Waals surface area contributed by atoms with Crippen molar-refractivity contribution in [2.45, 2.75) is 19.4 Å². The van der Waals surface area contributed by atoms with E-state index in [2.05, 4.69) is 5.32 Å². The van der Waals surface area contributed by atoms with Crippen molar-refractivity contribution in [3.63, 3.8) is 0 Å². The van der Waals surface area contributed by atoms with Crippen molar-refractivity contribution in [2.24, 2.45) is 0 Å². The summed E-state index contributed by atoms with van der Waals surface area (Å²) in [4.78, 5) is 36.6. The molecule has 0 aromatic heterocycles. The summed E-state index contributed by atoms with van der Waals surface area (Å²) < 4.78 is 20.8. The highest BCUT2D eigenvalue weighted by Gasteiger charge is 2.36. The number of rotatable bonds is 7. The van der Waals surface area contributed by atoms with E-state index in [4.69, 9.17) is 18.9 Å². The van der Waals surface area contributed by atoms with E-state index in [1.54, 1.807) is 37.3 Å². The molecule has 0 fully saturated rings. The van der Waals surface area contributed by atoms with Crippen LogP contribution in [-0.4, -0.2) is 38.7 Å². The minimum Gasteiger partial charge on any atom is -0.493 e. The van der Waals surface area contributed by atoms with Crippen LogP contribution in [0.2, 0.25) is 0 Å². The van der Waals surface area contributed by atoms with Gasteiger partial charge in [0.05, 0.1) is 32.8 Å². The standard InChI is InChI=1S/C21H21NO7/c1-4-28-20(24)12-6-5-7-13(10-12)22-17(23)11-16-14-8-9-15(26-2)19(27-3)18(14)21(25)29-16/h5-10,16H,4,11H2,1-3H3,(H,22,23)/t16-/m1/s1. The third-order valence-electron chi connectivity index (χ3n) is 4.41. The molecule has 1 atom stereocenters. The third kappa shape index (κ3) is 4.16. The minimum absolute atomic E-state index is 0.0855. The Labute approximate surface area is 167 Å². The van der Waals surface area contributed by atoms with Crippen LogP contribution in [0.5, 0.6) is 11.5 Å². The number of amides is 1. The zero-order valence-corrected chi connectivity index (χ0v) is 16.3. The van der Waals surface area contributed by atoms with Crippen LogP contribution in [0.4, 0.5) is 5.69 Å². The van der Waals surface area contributed by atoms with Crippen LogP contribution in [0.15, 0.2) is 36.4 Å². The lowest BCUT2D eigenvalue weighted by atomic mass is 10.0. The number of benzene rings is 2. The van der Waals surface area contributed by atoms with Crippen LogP contribution < -0.4 is 14.8 Å². The number of methoxy groups -OCH3 is 2. The molecule has 29 heavy (non-hydrogen) atoms. The number of carbonyl (C=O) groups excluding carboxylic acids is 3. The van der Waals surface area contributed by atoms with Crippen LogP contribution in [0.1, 0.15) is 45.7 Å². The number of hydrogen-bond donors (Lipinski definition) is 1. The molecule has 1 aliphatic rings. The number of carbonyl (C=O) groups is 3. The van der Waals surface area contributed by atoms with Gasteiger partial charge in [0.25, 0.3) is 0 Å². The number of ether oxygens (including phenoxy) is 4. The number of anilines is 1. The van der Waals surface area contributed by atoms with E-state index in [0.717, 1.165) is 0 Å². The molecule has 0 unspecified atom stereocenters. The topological polar surface area (TPSA) is 100 Å². The second kappa shape index (κ2) is 8.64. The van der Waals surface area contributed by atoms with E-state index in [1.165, 1.54) is 20.3 Å². The summed E-state index contributed by atoms with van der Waals surface area (Å²) in [7, 11) is 2.90. The Morgan fingerprint density at radius 2 is 1.93 bits per heavy atom. The summed E-state index contributed by atoms with van der Waals surface area (Å²) in [6, 6.07) is 9.77. The zero-order valence-electron chi connectivity index (χ0n) is 16.3. The second-order valence-electron chi connectivity index (χ2n) is 6.21. The molecule has 2 aromatic rings. The van der Waals surface area contributed by atoms with Gasteiger partial charge in [-0.05, 0) is 31.2 Å². The van der Waals surface area contributed by atoms with Gasteiger partial charge in [0.1, 0.15) is 11.7 Å². The van der Waals surface area contributed by atoms with Gasteiger partial charge >= 0.3 is 11.9 Å². The highest BCUT2D eigenvalue weighted by molar-refractivity contribution is 6.00. The molecule has 2 aromatic carbocycles. The fourth-order valence-corrected chi connectivity index (χ4v) is 3.14. The fourth-order valence-electron chi connectivity index (χ4n) is 3.14. The molecule has 0 aliphatic carbocycles. The first-order chi connectivity index (χ1) is 14.0. The molecule has 152 valence electrons. The molecule has 0 spiro atoms. The number of cyclic esters (lactones) is 1. The third-order valence-corrected chi connectivity index (χ3v) is 4.41. The summed E-state index contributed by atoms with van der Waals surface area (Å²) in [6.07, 6.45) is -0.830. The zero-order chi connectivity index (χ0) is 21.0. The van der Waals surface area contributed by atoms with Crippen molar-refractivity contribution >= 4 is 23.5 Å². The molecule has 0 saturated heterocycles. The molecule has 0 bridgehead atoms. The molecule has 0 saturated carbocycles. The van der Waals surface area contributed by atoms with Crippen molar-refractivity contribution in [2.75, 3.05) is 26.1 Å². The Morgan fingerprint density at radius 3 is 2.62 bits per heavy atom. The van der Waals surface area contributed by atoms with Gasteiger partial charge in [-0.25, -0.2) is 9.59 Å². The van der Waals surface area contributed by atoms with E-state index in [9.17, 15) is 14.4 Å². The maximum atomic E-state index is 12.5. The maximum Gasteiger partial charge on any atom is 0.343 e. The lowest BCUT2D eigenvalue weighted by Crippen LogP contribution is -2.16. The predicted molar refractivity (Wildman–Crippen MR) is 103 cm³/mol. The number of hydrogen-bond acceptors (Lipinski definition) is 7. The lowest BCUT2D eigenvalue weighted by molar-refractivity contribution is -0.118. The molecule has 1 aliphatic heterocycles. The quantitative estimate of drug-likeness (QED) is 0.714. The smallest absolute Gasteiger partial charge is 0.343 e. The average Bonchev–Trinajstić information content (AvgIpc) is 3.02. The molecular formula is C21H21NO7. The van der Waals surface area contributed by atoms with Gasteiger partial charge < -0.3 is 24.3 Å². The van der Waals surface area contributed by atoms with Crippen LogP contribution >= 0.6 is 0 Å². The van der Waals surface area contributed by atoms with Crippen molar-refractivity contribution in [3.8, 4) is 11.5 Å². The van der Waals surface area contributed by atoms with Gasteiger partial charge in [0.15, 0.2) is 11.5 Å². The number of esters is 2. The van der Waals surface area contributed by atoms with Crippen LogP contribution in [0, 0.1) is 0 Å². The van der Waals surface area contributed by atoms with Crippen molar-refractivity contribution in [3.05, 3.63) is 53.1 Å². The first kappa shape index (κ1) is 20.2. The molecule has 3 rings (SSSR count). The van der Waals surface area contributed by atoms with E-state index in [1.807, 2.05) is 0 Å². The molecule has 1 heterocycles. The van der Waals surface area contributed by atoms with E-state index >= 15 is 0 Å². The van der Waals surface area contributed by atoms with Crippen LogP contribution in [0.3, 0.4) is 0 Å². The second-order valence-corrected chi connectivity index (χ2v) is 6.21. The van der Waals surface area contributed by atoms with Gasteiger partial charge in [0, 0.05) is 11.3 Å². The predicted octanol–water partition coefficient (Wildman–Crippen LogP) is 3.12. The molecule has 1 amide bonds. The molecule has 8 nitrogen and oxygen atoms in total. The highest BCUT2D eigenvalue weighted by atomic mass is 16.6. The summed E-state index contributed by atoms with van der Waals surface area (Å²) in [6.45, 7) is 1.98. The summed E-state index contributed by atoms with van der Waals surface area (Å²) in [5.74, 6) is -0.725. The largest absolute Gasteiger partial charge is 0.493 e. The average molecular weight is 399 g/mol. The van der Waals surface area contributed by atoms with Gasteiger partial charge in [-0.1, -0.05) is 12.1 Å². The van der Waals surface area contributed by atoms with Gasteiger partial charge in [-0.3, -0.25) is 4.79 Å². The Balaban J connectivity index is 1.74. The lowest BCUT2D eigenvalue weighted by Gasteiger charge is -2.13. The molecule has 0 radical (unpaired) electrons.